The van der Waals surface area contributed by atoms with Crippen molar-refractivity contribution >= 4 is 17.7 Å². The van der Waals surface area contributed by atoms with E-state index in [2.05, 4.69) is 72.7 Å². The molecule has 0 fully saturated rings. The van der Waals surface area contributed by atoms with Gasteiger partial charge in [0.2, 0.25) is 0 Å². The van der Waals surface area contributed by atoms with Gasteiger partial charge in [-0.25, -0.2) is 4.99 Å². The number of thioether (sulfide) groups is 1. The van der Waals surface area contributed by atoms with Crippen LogP contribution in [0.25, 0.3) is 0 Å². The fourth-order valence-electron chi connectivity index (χ4n) is 2.15. The Balaban J connectivity index is 1.79. The molecule has 5 nitrogen and oxygen atoms in total. The van der Waals surface area contributed by atoms with Crippen molar-refractivity contribution < 1.29 is 4.52 Å². The summed E-state index contributed by atoms with van der Waals surface area (Å²) in [7, 11) is 0. The van der Waals surface area contributed by atoms with Crippen molar-refractivity contribution in [2.24, 2.45) is 4.99 Å². The lowest BCUT2D eigenvalue weighted by Crippen LogP contribution is -2.38. The van der Waals surface area contributed by atoms with Crippen molar-refractivity contribution in [3.05, 3.63) is 47.3 Å². The molecule has 1 aromatic carbocycles. The van der Waals surface area contributed by atoms with Gasteiger partial charge in [-0.3, -0.25) is 0 Å². The molecule has 2 N–H and O–H groups in total. The third kappa shape index (κ3) is 6.82. The molecule has 0 unspecified atom stereocenters. The van der Waals surface area contributed by atoms with Crippen LogP contribution in [0.15, 0.2) is 44.7 Å². The summed E-state index contributed by atoms with van der Waals surface area (Å²) in [4.78, 5) is 5.85. The van der Waals surface area contributed by atoms with Crippen molar-refractivity contribution in [3.63, 3.8) is 0 Å². The van der Waals surface area contributed by atoms with Crippen molar-refractivity contribution in [1.29, 1.82) is 0 Å². The van der Waals surface area contributed by atoms with Gasteiger partial charge >= 0.3 is 0 Å². The molecule has 0 atom stereocenters. The summed E-state index contributed by atoms with van der Waals surface area (Å²) in [5.74, 6) is 2.93. The fourth-order valence-corrected chi connectivity index (χ4v) is 2.92. The van der Waals surface area contributed by atoms with Gasteiger partial charge in [0.15, 0.2) is 11.7 Å². The molecule has 0 saturated carbocycles. The number of aliphatic imine (C=N–C) groups is 1. The van der Waals surface area contributed by atoms with Gasteiger partial charge in [0.1, 0.15) is 6.54 Å². The Bertz CT molecular complexity index is 664. The van der Waals surface area contributed by atoms with Crippen LogP contribution >= 0.6 is 11.8 Å². The van der Waals surface area contributed by atoms with Crippen LogP contribution in [0.4, 0.5) is 0 Å². The predicted octanol–water partition coefficient (Wildman–Crippen LogP) is 3.95. The van der Waals surface area contributed by atoms with Crippen molar-refractivity contribution in [1.82, 2.24) is 15.8 Å². The number of aryl methyl sites for hydroxylation is 1. The molecule has 1 heterocycles. The lowest BCUT2D eigenvalue weighted by Gasteiger charge is -2.10. The van der Waals surface area contributed by atoms with E-state index in [4.69, 9.17) is 4.52 Å². The molecule has 0 aliphatic heterocycles. The summed E-state index contributed by atoms with van der Waals surface area (Å²) in [6.45, 7) is 10.5. The maximum Gasteiger partial charge on any atom is 0.191 e. The molecule has 0 amide bonds. The number of rotatable bonds is 8. The third-order valence-electron chi connectivity index (χ3n) is 3.59. The largest absolute Gasteiger partial charge is 0.359 e. The molecule has 0 bridgehead atoms. The summed E-state index contributed by atoms with van der Waals surface area (Å²) < 4.78 is 5.33. The van der Waals surface area contributed by atoms with E-state index < -0.39 is 0 Å². The van der Waals surface area contributed by atoms with E-state index in [9.17, 15) is 0 Å². The van der Waals surface area contributed by atoms with Gasteiger partial charge in [-0.1, -0.05) is 36.7 Å². The summed E-state index contributed by atoms with van der Waals surface area (Å²) >= 11 is 1.84. The first-order chi connectivity index (χ1) is 12.1. The monoisotopic (exact) mass is 360 g/mol. The smallest absolute Gasteiger partial charge is 0.191 e. The van der Waals surface area contributed by atoms with Crippen LogP contribution in [0.3, 0.4) is 0 Å². The van der Waals surface area contributed by atoms with Gasteiger partial charge in [0.25, 0.3) is 0 Å². The number of hydrogen-bond donors (Lipinski definition) is 2. The lowest BCUT2D eigenvalue weighted by atomic mass is 10.1. The van der Waals surface area contributed by atoms with Crippen LogP contribution in [0.5, 0.6) is 0 Å². The van der Waals surface area contributed by atoms with Crippen molar-refractivity contribution in [3.8, 4) is 0 Å². The van der Waals surface area contributed by atoms with E-state index in [1.807, 2.05) is 17.8 Å². The van der Waals surface area contributed by atoms with E-state index in [1.54, 1.807) is 0 Å². The molecule has 1 aromatic heterocycles. The van der Waals surface area contributed by atoms with E-state index in [0.29, 0.717) is 12.5 Å². The Morgan fingerprint density at radius 1 is 1.24 bits per heavy atom. The molecule has 2 rings (SSSR count). The Labute approximate surface area is 154 Å². The molecule has 0 spiro atoms. The van der Waals surface area contributed by atoms with Crippen LogP contribution in [-0.2, 0) is 6.54 Å². The number of hydrogen-bond acceptors (Lipinski definition) is 4. The molecule has 0 aliphatic rings. The lowest BCUT2D eigenvalue weighted by molar-refractivity contribution is 0.376. The Morgan fingerprint density at radius 3 is 2.64 bits per heavy atom. The topological polar surface area (TPSA) is 62.5 Å². The van der Waals surface area contributed by atoms with Gasteiger partial charge in [0.05, 0.1) is 5.69 Å². The highest BCUT2D eigenvalue weighted by atomic mass is 32.2. The quantitative estimate of drug-likeness (QED) is 0.323. The molecule has 0 radical (unpaired) electrons. The zero-order valence-electron chi connectivity index (χ0n) is 15.5. The highest BCUT2D eigenvalue weighted by molar-refractivity contribution is 7.99. The minimum Gasteiger partial charge on any atom is -0.359 e. The predicted molar refractivity (Wildman–Crippen MR) is 105 cm³/mol. The number of benzene rings is 1. The molecule has 0 aliphatic carbocycles. The Morgan fingerprint density at radius 2 is 2.00 bits per heavy atom. The molecule has 2 aromatic rings. The second-order valence-electron chi connectivity index (χ2n) is 6.16. The van der Waals surface area contributed by atoms with E-state index in [1.165, 1.54) is 10.5 Å². The summed E-state index contributed by atoms with van der Waals surface area (Å²) in [5, 5.41) is 10.7. The van der Waals surface area contributed by atoms with Crippen LogP contribution < -0.4 is 10.6 Å². The van der Waals surface area contributed by atoms with Crippen LogP contribution in [0.1, 0.15) is 43.7 Å². The fraction of sp³-hybridized carbons (Fsp3) is 0.474. The minimum atomic E-state index is 0.367. The first-order valence-electron chi connectivity index (χ1n) is 8.75. The van der Waals surface area contributed by atoms with Gasteiger partial charge in [0, 0.05) is 29.8 Å². The molecular formula is C19H28N4OS. The van der Waals surface area contributed by atoms with Gasteiger partial charge < -0.3 is 15.2 Å². The van der Waals surface area contributed by atoms with E-state index in [-0.39, 0.29) is 0 Å². The highest BCUT2D eigenvalue weighted by Gasteiger charge is 2.07. The average Bonchev–Trinajstić information content (AvgIpc) is 3.07. The first kappa shape index (κ1) is 19.4. The summed E-state index contributed by atoms with van der Waals surface area (Å²) in [5.41, 5.74) is 2.26. The molecule has 6 heteroatoms. The second kappa shape index (κ2) is 10.1. The number of nitrogens with one attached hydrogen (secondary N) is 2. The molecule has 136 valence electrons. The summed E-state index contributed by atoms with van der Waals surface area (Å²) in [6.07, 6.45) is 0. The standard InChI is InChI=1S/C19H28N4OS/c1-5-20-19(22-13-16-12-18(14(2)3)23-24-16)21-10-11-25-17-8-6-15(4)7-9-17/h6-9,12,14H,5,10-11,13H2,1-4H3,(H2,20,21,22). The normalized spacial score (nSPS) is 11.8. The van der Waals surface area contributed by atoms with Gasteiger partial charge in [-0.15, -0.1) is 11.8 Å². The number of guanidine groups is 1. The van der Waals surface area contributed by atoms with Crippen molar-refractivity contribution in [2.75, 3.05) is 18.8 Å². The number of aromatic nitrogens is 1. The SMILES string of the molecule is CCNC(=NCc1cc(C(C)C)no1)NCCSc1ccc(C)cc1. The average molecular weight is 361 g/mol. The van der Waals surface area contributed by atoms with Crippen LogP contribution in [0.2, 0.25) is 0 Å². The van der Waals surface area contributed by atoms with Crippen LogP contribution in [-0.4, -0.2) is 30.0 Å². The molecule has 0 saturated heterocycles. The van der Waals surface area contributed by atoms with Gasteiger partial charge in [-0.2, -0.15) is 0 Å². The minimum absolute atomic E-state index is 0.367. The van der Waals surface area contributed by atoms with E-state index in [0.717, 1.165) is 36.3 Å². The van der Waals surface area contributed by atoms with Crippen LogP contribution in [0, 0.1) is 6.92 Å². The molecule has 25 heavy (non-hydrogen) atoms. The number of nitrogens with zero attached hydrogens (tertiary/aromatic N) is 2. The zero-order valence-corrected chi connectivity index (χ0v) is 16.3. The van der Waals surface area contributed by atoms with E-state index >= 15 is 0 Å². The zero-order chi connectivity index (χ0) is 18.1. The highest BCUT2D eigenvalue weighted by Crippen LogP contribution is 2.17. The third-order valence-corrected chi connectivity index (χ3v) is 4.60. The maximum absolute atomic E-state index is 5.33. The Kier molecular flexibility index (Phi) is 7.85. The van der Waals surface area contributed by atoms with Crippen molar-refractivity contribution in [2.45, 2.75) is 45.1 Å². The summed E-state index contributed by atoms with van der Waals surface area (Å²) in [6, 6.07) is 10.6. The first-order valence-corrected chi connectivity index (χ1v) is 9.74. The Hall–Kier alpha value is -1.95. The second-order valence-corrected chi connectivity index (χ2v) is 7.32. The molecular weight excluding hydrogens is 332 g/mol. The van der Waals surface area contributed by atoms with Gasteiger partial charge in [-0.05, 0) is 31.9 Å². The maximum atomic E-state index is 5.33.